The van der Waals surface area contributed by atoms with Crippen LogP contribution >= 0.6 is 0 Å². The molecule has 0 atom stereocenters. The average Bonchev–Trinajstić information content (AvgIpc) is 2.98. The van der Waals surface area contributed by atoms with Crippen molar-refractivity contribution in [3.63, 3.8) is 0 Å². The van der Waals surface area contributed by atoms with Gasteiger partial charge in [-0.25, -0.2) is 0 Å². The third-order valence-corrected chi connectivity index (χ3v) is 2.29. The Morgan fingerprint density at radius 2 is 2.07 bits per heavy atom. The van der Waals surface area contributed by atoms with Crippen molar-refractivity contribution in [3.8, 4) is 0 Å². The van der Waals surface area contributed by atoms with Crippen molar-refractivity contribution >= 4 is 5.91 Å². The molecule has 0 unspecified atom stereocenters. The minimum Gasteiger partial charge on any atom is -0.396 e. The average molecular weight is 200 g/mol. The predicted molar refractivity (Wildman–Crippen MR) is 55.0 cm³/mol. The minimum absolute atomic E-state index is 0.0842. The Bertz CT molecular complexity index is 170. The lowest BCUT2D eigenvalue weighted by molar-refractivity contribution is -0.120. The topological polar surface area (TPSA) is 61.4 Å². The fraction of sp³-hybridized carbons (Fsp3) is 0.900. The highest BCUT2D eigenvalue weighted by atomic mass is 16.2. The number of rotatable bonds is 8. The minimum atomic E-state index is 0.0842. The van der Waals surface area contributed by atoms with Crippen LogP contribution in [-0.2, 0) is 4.79 Å². The highest BCUT2D eigenvalue weighted by Gasteiger charge is 2.20. The summed E-state index contributed by atoms with van der Waals surface area (Å²) in [6.45, 7) is 1.42. The Morgan fingerprint density at radius 3 is 2.71 bits per heavy atom. The first kappa shape index (κ1) is 11.5. The van der Waals surface area contributed by atoms with E-state index in [1.165, 1.54) is 12.8 Å². The fourth-order valence-electron chi connectivity index (χ4n) is 1.23. The molecule has 1 rings (SSSR count). The SMILES string of the molecule is O=C(CNC1CC1)NCCCCCO. The molecule has 0 bridgehead atoms. The number of nitrogens with one attached hydrogen (secondary N) is 2. The molecule has 1 saturated carbocycles. The van der Waals surface area contributed by atoms with Crippen LogP contribution in [0, 0.1) is 0 Å². The van der Waals surface area contributed by atoms with Crippen LogP contribution in [0.2, 0.25) is 0 Å². The summed E-state index contributed by atoms with van der Waals surface area (Å²) in [4.78, 5) is 11.2. The van der Waals surface area contributed by atoms with Crippen LogP contribution in [-0.4, -0.2) is 36.8 Å². The van der Waals surface area contributed by atoms with Crippen molar-refractivity contribution in [1.29, 1.82) is 0 Å². The quantitative estimate of drug-likeness (QED) is 0.484. The van der Waals surface area contributed by atoms with Gasteiger partial charge < -0.3 is 15.7 Å². The van der Waals surface area contributed by atoms with Crippen molar-refractivity contribution in [1.82, 2.24) is 10.6 Å². The third kappa shape index (κ3) is 5.94. The normalized spacial score (nSPS) is 15.5. The summed E-state index contributed by atoms with van der Waals surface area (Å²) >= 11 is 0. The molecule has 0 aromatic heterocycles. The van der Waals surface area contributed by atoms with E-state index in [9.17, 15) is 4.79 Å². The first-order valence-corrected chi connectivity index (χ1v) is 5.44. The molecular formula is C10H20N2O2. The zero-order chi connectivity index (χ0) is 10.2. The lowest BCUT2D eigenvalue weighted by Gasteiger charge is -2.05. The van der Waals surface area contributed by atoms with Gasteiger partial charge in [-0.3, -0.25) is 4.79 Å². The molecule has 0 aliphatic heterocycles. The monoisotopic (exact) mass is 200 g/mol. The second-order valence-electron chi connectivity index (χ2n) is 3.79. The summed E-state index contributed by atoms with van der Waals surface area (Å²) in [5, 5.41) is 14.5. The van der Waals surface area contributed by atoms with Crippen LogP contribution in [0.4, 0.5) is 0 Å². The van der Waals surface area contributed by atoms with Gasteiger partial charge >= 0.3 is 0 Å². The van der Waals surface area contributed by atoms with Crippen molar-refractivity contribution < 1.29 is 9.90 Å². The van der Waals surface area contributed by atoms with E-state index < -0.39 is 0 Å². The number of aliphatic hydroxyl groups is 1. The number of hydrogen-bond acceptors (Lipinski definition) is 3. The summed E-state index contributed by atoms with van der Waals surface area (Å²) < 4.78 is 0. The Hall–Kier alpha value is -0.610. The van der Waals surface area contributed by atoms with Crippen molar-refractivity contribution in [2.75, 3.05) is 19.7 Å². The van der Waals surface area contributed by atoms with Gasteiger partial charge in [0, 0.05) is 19.2 Å². The Morgan fingerprint density at radius 1 is 1.29 bits per heavy atom. The predicted octanol–water partition coefficient (Wildman–Crippen LogP) is 0.0172. The van der Waals surface area contributed by atoms with Gasteiger partial charge in [0.15, 0.2) is 0 Å². The van der Waals surface area contributed by atoms with Gasteiger partial charge in [-0.2, -0.15) is 0 Å². The molecular weight excluding hydrogens is 180 g/mol. The van der Waals surface area contributed by atoms with E-state index in [0.29, 0.717) is 12.6 Å². The van der Waals surface area contributed by atoms with Gasteiger partial charge in [-0.15, -0.1) is 0 Å². The largest absolute Gasteiger partial charge is 0.396 e. The van der Waals surface area contributed by atoms with Crippen LogP contribution < -0.4 is 10.6 Å². The molecule has 1 aliphatic carbocycles. The zero-order valence-corrected chi connectivity index (χ0v) is 8.59. The lowest BCUT2D eigenvalue weighted by Crippen LogP contribution is -2.35. The van der Waals surface area contributed by atoms with E-state index in [-0.39, 0.29) is 12.5 Å². The van der Waals surface area contributed by atoms with Gasteiger partial charge in [0.05, 0.1) is 6.54 Å². The van der Waals surface area contributed by atoms with E-state index >= 15 is 0 Å². The molecule has 0 saturated heterocycles. The summed E-state index contributed by atoms with van der Waals surface area (Å²) in [5.41, 5.74) is 0. The van der Waals surface area contributed by atoms with Crippen LogP contribution in [0.25, 0.3) is 0 Å². The van der Waals surface area contributed by atoms with Crippen LogP contribution in [0.5, 0.6) is 0 Å². The number of carbonyl (C=O) groups is 1. The molecule has 3 N–H and O–H groups in total. The zero-order valence-electron chi connectivity index (χ0n) is 8.59. The third-order valence-electron chi connectivity index (χ3n) is 2.29. The van der Waals surface area contributed by atoms with Crippen LogP contribution in [0.15, 0.2) is 0 Å². The van der Waals surface area contributed by atoms with Crippen molar-refractivity contribution in [3.05, 3.63) is 0 Å². The first-order valence-electron chi connectivity index (χ1n) is 5.44. The van der Waals surface area contributed by atoms with E-state index in [1.54, 1.807) is 0 Å². The highest BCUT2D eigenvalue weighted by Crippen LogP contribution is 2.17. The number of amides is 1. The van der Waals surface area contributed by atoms with Gasteiger partial charge in [0.25, 0.3) is 0 Å². The maximum Gasteiger partial charge on any atom is 0.233 e. The van der Waals surface area contributed by atoms with E-state index in [0.717, 1.165) is 25.8 Å². The fourth-order valence-corrected chi connectivity index (χ4v) is 1.23. The Balaban J connectivity index is 1.81. The molecule has 0 aromatic carbocycles. The van der Waals surface area contributed by atoms with E-state index in [4.69, 9.17) is 5.11 Å². The molecule has 1 fully saturated rings. The molecule has 0 radical (unpaired) electrons. The number of aliphatic hydroxyl groups excluding tert-OH is 1. The summed E-state index contributed by atoms with van der Waals surface area (Å²) in [6.07, 6.45) is 5.19. The van der Waals surface area contributed by atoms with Crippen molar-refractivity contribution in [2.24, 2.45) is 0 Å². The molecule has 4 heteroatoms. The van der Waals surface area contributed by atoms with Gasteiger partial charge in [0.2, 0.25) is 5.91 Å². The molecule has 0 heterocycles. The summed E-state index contributed by atoms with van der Waals surface area (Å²) in [5.74, 6) is 0.0842. The number of carbonyl (C=O) groups excluding carboxylic acids is 1. The standard InChI is InChI=1S/C10H20N2O2/c13-7-3-1-2-6-11-10(14)8-12-9-4-5-9/h9,12-13H,1-8H2,(H,11,14). The van der Waals surface area contributed by atoms with Crippen LogP contribution in [0.1, 0.15) is 32.1 Å². The molecule has 82 valence electrons. The molecule has 14 heavy (non-hydrogen) atoms. The lowest BCUT2D eigenvalue weighted by atomic mass is 10.2. The van der Waals surface area contributed by atoms with E-state index in [1.807, 2.05) is 0 Å². The molecule has 1 amide bonds. The molecule has 0 spiro atoms. The number of hydrogen-bond donors (Lipinski definition) is 3. The second-order valence-corrected chi connectivity index (χ2v) is 3.79. The summed E-state index contributed by atoms with van der Waals surface area (Å²) in [7, 11) is 0. The van der Waals surface area contributed by atoms with Gasteiger partial charge in [-0.1, -0.05) is 0 Å². The maximum atomic E-state index is 11.2. The molecule has 1 aliphatic rings. The van der Waals surface area contributed by atoms with Gasteiger partial charge in [-0.05, 0) is 32.1 Å². The summed E-state index contributed by atoms with van der Waals surface area (Å²) in [6, 6.07) is 0.593. The Kier molecular flexibility index (Phi) is 5.56. The smallest absolute Gasteiger partial charge is 0.233 e. The second kappa shape index (κ2) is 6.79. The molecule has 0 aromatic rings. The first-order chi connectivity index (χ1) is 6.83. The van der Waals surface area contributed by atoms with E-state index in [2.05, 4.69) is 10.6 Å². The van der Waals surface area contributed by atoms with Crippen LogP contribution in [0.3, 0.4) is 0 Å². The Labute approximate surface area is 85.1 Å². The van der Waals surface area contributed by atoms with Crippen molar-refractivity contribution in [2.45, 2.75) is 38.1 Å². The van der Waals surface area contributed by atoms with Gasteiger partial charge in [0.1, 0.15) is 0 Å². The highest BCUT2D eigenvalue weighted by molar-refractivity contribution is 5.77. The maximum absolute atomic E-state index is 11.2. The molecule has 4 nitrogen and oxygen atoms in total. The number of unbranched alkanes of at least 4 members (excludes halogenated alkanes) is 2.